The van der Waals surface area contributed by atoms with Gasteiger partial charge in [0.15, 0.2) is 0 Å². The second-order valence-electron chi connectivity index (χ2n) is 10.8. The number of alkyl halides is 6. The number of carboxylic acids is 2. The van der Waals surface area contributed by atoms with Crippen LogP contribution in [0.5, 0.6) is 11.5 Å². The minimum atomic E-state index is -5.08. The number of ether oxygens (including phenoxy) is 3. The molecule has 1 amide bonds. The zero-order valence-electron chi connectivity index (χ0n) is 26.8. The number of benzene rings is 3. The Morgan fingerprint density at radius 1 is 0.824 bits per heavy atom. The lowest BCUT2D eigenvalue weighted by Gasteiger charge is -2.31. The van der Waals surface area contributed by atoms with Crippen molar-refractivity contribution in [2.24, 2.45) is 11.5 Å². The van der Waals surface area contributed by atoms with Crippen molar-refractivity contribution in [3.8, 4) is 11.5 Å². The zero-order chi connectivity index (χ0) is 38.2. The summed E-state index contributed by atoms with van der Waals surface area (Å²) >= 11 is 0. The minimum absolute atomic E-state index is 0.00366. The summed E-state index contributed by atoms with van der Waals surface area (Å²) < 4.78 is 80.8. The van der Waals surface area contributed by atoms with E-state index in [9.17, 15) is 31.1 Å². The molecular formula is C33H36F6N4O8. The van der Waals surface area contributed by atoms with E-state index >= 15 is 0 Å². The number of piperidine rings is 1. The molecule has 0 aromatic heterocycles. The number of nitrogen functional groups attached to an aromatic ring is 1. The van der Waals surface area contributed by atoms with Gasteiger partial charge in [0.25, 0.3) is 0 Å². The average Bonchev–Trinajstić information content (AvgIpc) is 3.08. The van der Waals surface area contributed by atoms with Gasteiger partial charge in [0.2, 0.25) is 0 Å². The molecule has 0 bridgehead atoms. The molecule has 3 aromatic carbocycles. The molecule has 1 heterocycles. The van der Waals surface area contributed by atoms with Gasteiger partial charge in [0.1, 0.15) is 36.7 Å². The number of hydrogen-bond donors (Lipinski definition) is 5. The largest absolute Gasteiger partial charge is 0.492 e. The van der Waals surface area contributed by atoms with E-state index in [2.05, 4.69) is 0 Å². The summed E-state index contributed by atoms with van der Waals surface area (Å²) in [7, 11) is 0. The molecule has 51 heavy (non-hydrogen) atoms. The van der Waals surface area contributed by atoms with Crippen molar-refractivity contribution in [1.82, 2.24) is 4.90 Å². The number of aliphatic carboxylic acids is 2. The van der Waals surface area contributed by atoms with Crippen molar-refractivity contribution < 1.29 is 65.1 Å². The van der Waals surface area contributed by atoms with Crippen molar-refractivity contribution in [2.75, 3.05) is 19.7 Å². The van der Waals surface area contributed by atoms with Gasteiger partial charge in [-0.3, -0.25) is 5.41 Å². The maximum Gasteiger partial charge on any atom is 0.490 e. The number of nitrogens with two attached hydrogens (primary N) is 2. The molecule has 4 rings (SSSR count). The highest BCUT2D eigenvalue weighted by Crippen LogP contribution is 2.21. The summed E-state index contributed by atoms with van der Waals surface area (Å²) in [6.45, 7) is 1.86. The predicted octanol–water partition coefficient (Wildman–Crippen LogP) is 5.37. The molecule has 1 aliphatic heterocycles. The number of carbonyl (C=O) groups is 3. The lowest BCUT2D eigenvalue weighted by Crippen LogP contribution is -2.42. The summed E-state index contributed by atoms with van der Waals surface area (Å²) in [5.74, 6) is -4.06. The Labute approximate surface area is 288 Å². The predicted molar refractivity (Wildman–Crippen MR) is 170 cm³/mol. The Balaban J connectivity index is 0.000000543. The van der Waals surface area contributed by atoms with E-state index in [0.29, 0.717) is 37.4 Å². The fraction of sp³-hybridized carbons (Fsp3) is 0.333. The number of nitrogens with one attached hydrogen (secondary N) is 1. The van der Waals surface area contributed by atoms with Crippen molar-refractivity contribution in [3.63, 3.8) is 0 Å². The van der Waals surface area contributed by atoms with Gasteiger partial charge in [-0.25, -0.2) is 14.4 Å². The third kappa shape index (κ3) is 16.2. The van der Waals surface area contributed by atoms with Crippen LogP contribution in [0.15, 0.2) is 78.9 Å². The van der Waals surface area contributed by atoms with Gasteiger partial charge >= 0.3 is 30.4 Å². The SMILES string of the molecule is N=C(N)c1cccc(OC[C@H](N)Cc2ccc(OC3CCN(C(=O)OCc4ccccc4)CC3)cc2)c1.O=C(O)C(F)(F)F.O=C(O)C(F)(F)F. The Morgan fingerprint density at radius 3 is 1.88 bits per heavy atom. The summed E-state index contributed by atoms with van der Waals surface area (Å²) in [5, 5.41) is 21.8. The number of likely N-dealkylation sites (tertiary alicyclic amines) is 1. The third-order valence-electron chi connectivity index (χ3n) is 6.72. The van der Waals surface area contributed by atoms with Crippen molar-refractivity contribution in [3.05, 3.63) is 95.6 Å². The van der Waals surface area contributed by atoms with Crippen molar-refractivity contribution in [1.29, 1.82) is 5.41 Å². The van der Waals surface area contributed by atoms with Gasteiger partial charge in [-0.1, -0.05) is 54.6 Å². The van der Waals surface area contributed by atoms with Gasteiger partial charge in [-0.2, -0.15) is 26.3 Å². The smallest absolute Gasteiger partial charge is 0.490 e. The van der Waals surface area contributed by atoms with Crippen LogP contribution < -0.4 is 20.9 Å². The van der Waals surface area contributed by atoms with E-state index in [-0.39, 0.29) is 30.7 Å². The molecular weight excluding hydrogens is 694 g/mol. The minimum Gasteiger partial charge on any atom is -0.492 e. The van der Waals surface area contributed by atoms with Gasteiger partial charge in [0.05, 0.1) is 0 Å². The lowest BCUT2D eigenvalue weighted by molar-refractivity contribution is -0.193. The molecule has 18 heteroatoms. The number of nitrogens with zero attached hydrogens (tertiary/aromatic N) is 1. The van der Waals surface area contributed by atoms with Crippen LogP contribution in [-0.2, 0) is 27.4 Å². The van der Waals surface area contributed by atoms with Crippen LogP contribution in [0.4, 0.5) is 31.1 Å². The van der Waals surface area contributed by atoms with E-state index in [0.717, 1.165) is 29.7 Å². The van der Waals surface area contributed by atoms with Crippen LogP contribution in [0.25, 0.3) is 0 Å². The standard InChI is InChI=1S/C29H34N4O4.2C2HF3O2/c30-24(20-35-27-8-4-7-23(18-27)28(31)32)17-21-9-11-25(12-10-21)37-26-13-15-33(16-14-26)29(34)36-19-22-5-2-1-3-6-22;2*3-2(4,5)1(6)7/h1-12,18,24,26H,13-17,19-20,30H2,(H3,31,32);2*(H,6,7)/t24-;;/m1../s1. The number of hydrogen-bond acceptors (Lipinski definition) is 8. The van der Waals surface area contributed by atoms with E-state index < -0.39 is 24.3 Å². The first-order chi connectivity index (χ1) is 23.8. The van der Waals surface area contributed by atoms with Crippen LogP contribution in [-0.4, -0.2) is 83.2 Å². The molecule has 3 aromatic rings. The maximum atomic E-state index is 12.4. The highest BCUT2D eigenvalue weighted by molar-refractivity contribution is 5.95. The molecule has 1 aliphatic rings. The van der Waals surface area contributed by atoms with Crippen LogP contribution in [0.2, 0.25) is 0 Å². The number of amides is 1. The second kappa shape index (κ2) is 19.6. The quantitative estimate of drug-likeness (QED) is 0.103. The number of rotatable bonds is 10. The van der Waals surface area contributed by atoms with Crippen molar-refractivity contribution >= 4 is 23.9 Å². The second-order valence-corrected chi connectivity index (χ2v) is 10.8. The van der Waals surface area contributed by atoms with E-state index in [1.54, 1.807) is 23.1 Å². The van der Waals surface area contributed by atoms with E-state index in [1.807, 2.05) is 60.7 Å². The fourth-order valence-corrected chi connectivity index (χ4v) is 4.18. The summed E-state index contributed by atoms with van der Waals surface area (Å²) in [5.41, 5.74) is 14.5. The van der Waals surface area contributed by atoms with Gasteiger partial charge in [-0.05, 0) is 41.8 Å². The molecule has 0 radical (unpaired) electrons. The molecule has 12 nitrogen and oxygen atoms in total. The van der Waals surface area contributed by atoms with Crippen LogP contribution >= 0.6 is 0 Å². The number of halogens is 6. The average molecular weight is 731 g/mol. The molecule has 0 spiro atoms. The number of amidine groups is 1. The lowest BCUT2D eigenvalue weighted by atomic mass is 10.1. The third-order valence-corrected chi connectivity index (χ3v) is 6.72. The first-order valence-electron chi connectivity index (χ1n) is 15.0. The first-order valence-corrected chi connectivity index (χ1v) is 15.0. The van der Waals surface area contributed by atoms with Gasteiger partial charge < -0.3 is 40.8 Å². The normalized spacial score (nSPS) is 13.7. The Kier molecular flexibility index (Phi) is 16.0. The molecule has 7 N–H and O–H groups in total. The molecule has 1 fully saturated rings. The molecule has 0 saturated carbocycles. The van der Waals surface area contributed by atoms with Crippen LogP contribution in [0.3, 0.4) is 0 Å². The first kappa shape index (κ1) is 41.7. The highest BCUT2D eigenvalue weighted by Gasteiger charge is 2.39. The van der Waals surface area contributed by atoms with Crippen LogP contribution in [0, 0.1) is 5.41 Å². The van der Waals surface area contributed by atoms with Gasteiger partial charge in [-0.15, -0.1) is 0 Å². The summed E-state index contributed by atoms with van der Waals surface area (Å²) in [4.78, 5) is 31.9. The Morgan fingerprint density at radius 2 is 1.37 bits per heavy atom. The maximum absolute atomic E-state index is 12.4. The summed E-state index contributed by atoms with van der Waals surface area (Å²) in [6.07, 6.45) is -8.20. The Hall–Kier alpha value is -5.52. The molecule has 0 aliphatic carbocycles. The highest BCUT2D eigenvalue weighted by atomic mass is 19.4. The molecule has 0 unspecified atom stereocenters. The van der Waals surface area contributed by atoms with E-state index in [1.165, 1.54) is 0 Å². The van der Waals surface area contributed by atoms with E-state index in [4.69, 9.17) is 50.9 Å². The number of carbonyl (C=O) groups excluding carboxylic acids is 1. The summed E-state index contributed by atoms with van der Waals surface area (Å²) in [6, 6.07) is 24.6. The number of carboxylic acid groups (broad SMARTS) is 2. The molecule has 278 valence electrons. The topological polar surface area (TPSA) is 198 Å². The van der Waals surface area contributed by atoms with Crippen LogP contribution in [0.1, 0.15) is 29.5 Å². The molecule has 1 atom stereocenters. The zero-order valence-corrected chi connectivity index (χ0v) is 26.8. The monoisotopic (exact) mass is 730 g/mol. The Bertz CT molecular complexity index is 1540. The van der Waals surface area contributed by atoms with Gasteiger partial charge in [0, 0.05) is 37.5 Å². The molecule has 1 saturated heterocycles. The fourth-order valence-electron chi connectivity index (χ4n) is 4.18. The van der Waals surface area contributed by atoms with Crippen molar-refractivity contribution in [2.45, 2.75) is 50.4 Å².